The summed E-state index contributed by atoms with van der Waals surface area (Å²) in [4.78, 5) is 38.0. The third kappa shape index (κ3) is 6.69. The van der Waals surface area contributed by atoms with Crippen molar-refractivity contribution in [1.29, 1.82) is 0 Å². The number of hydrogen-bond donors (Lipinski definition) is 1. The van der Waals surface area contributed by atoms with Gasteiger partial charge in [-0.05, 0) is 73.4 Å². The maximum absolute atomic E-state index is 13.0. The highest BCUT2D eigenvalue weighted by molar-refractivity contribution is 9.10. The van der Waals surface area contributed by atoms with Gasteiger partial charge in [-0.15, -0.1) is 0 Å². The van der Waals surface area contributed by atoms with Crippen molar-refractivity contribution in [3.8, 4) is 0 Å². The molecule has 0 spiro atoms. The number of halogens is 1. The first-order valence-corrected chi connectivity index (χ1v) is 12.5. The number of carbonyl (C=O) groups excluding carboxylic acids is 3. The van der Waals surface area contributed by atoms with E-state index in [1.54, 1.807) is 24.3 Å². The lowest BCUT2D eigenvalue weighted by molar-refractivity contribution is -0.119. The lowest BCUT2D eigenvalue weighted by Crippen LogP contribution is -2.36. The Hall–Kier alpha value is -2.67. The van der Waals surface area contributed by atoms with Gasteiger partial charge in [0, 0.05) is 10.2 Å². The van der Waals surface area contributed by atoms with Gasteiger partial charge < -0.3 is 14.8 Å². The van der Waals surface area contributed by atoms with Crippen LogP contribution in [0.3, 0.4) is 0 Å². The summed E-state index contributed by atoms with van der Waals surface area (Å²) in [6, 6.07) is 11.8. The molecule has 0 aliphatic heterocycles. The highest BCUT2D eigenvalue weighted by Crippen LogP contribution is 2.36. The van der Waals surface area contributed by atoms with E-state index in [1.165, 1.54) is 6.07 Å². The minimum absolute atomic E-state index is 0.0877. The molecule has 3 atom stereocenters. The smallest absolute Gasteiger partial charge is 0.339 e. The summed E-state index contributed by atoms with van der Waals surface area (Å²) < 4.78 is 12.0. The van der Waals surface area contributed by atoms with Crippen molar-refractivity contribution >= 4 is 39.5 Å². The predicted octanol–water partition coefficient (Wildman–Crippen LogP) is 6.17. The molecule has 1 N–H and O–H groups in total. The van der Waals surface area contributed by atoms with Crippen LogP contribution in [0.4, 0.5) is 5.69 Å². The number of nitrogens with one attached hydrogen (secondary N) is 1. The van der Waals surface area contributed by atoms with Crippen LogP contribution >= 0.6 is 15.9 Å². The Morgan fingerprint density at radius 3 is 2.38 bits per heavy atom. The van der Waals surface area contributed by atoms with Crippen LogP contribution in [-0.4, -0.2) is 30.6 Å². The number of ether oxygens (including phenoxy) is 2. The third-order valence-corrected chi connectivity index (χ3v) is 7.25. The second kappa shape index (κ2) is 11.6. The van der Waals surface area contributed by atoms with E-state index < -0.39 is 24.5 Å². The Balaban J connectivity index is 1.64. The second-order valence-electron chi connectivity index (χ2n) is 9.40. The molecule has 0 aromatic heterocycles. The summed E-state index contributed by atoms with van der Waals surface area (Å²) in [5.74, 6) is -0.560. The lowest BCUT2D eigenvalue weighted by Gasteiger charge is -2.36. The Bertz CT molecular complexity index is 1050. The second-order valence-corrected chi connectivity index (χ2v) is 10.3. The van der Waals surface area contributed by atoms with E-state index in [-0.39, 0.29) is 17.2 Å². The van der Waals surface area contributed by atoms with E-state index in [4.69, 9.17) is 9.47 Å². The molecule has 1 fully saturated rings. The number of benzene rings is 2. The van der Waals surface area contributed by atoms with Crippen molar-refractivity contribution in [2.75, 3.05) is 11.9 Å². The summed E-state index contributed by atoms with van der Waals surface area (Å²) in [5, 5.41) is 2.70. The van der Waals surface area contributed by atoms with Crippen LogP contribution in [0.15, 0.2) is 46.9 Å². The number of esters is 2. The van der Waals surface area contributed by atoms with Crippen molar-refractivity contribution in [3.05, 3.63) is 63.6 Å². The summed E-state index contributed by atoms with van der Waals surface area (Å²) in [6.45, 7) is 7.91. The molecule has 1 aliphatic carbocycles. The predicted molar refractivity (Wildman–Crippen MR) is 135 cm³/mol. The Morgan fingerprint density at radius 2 is 1.74 bits per heavy atom. The molecule has 2 aromatic carbocycles. The lowest BCUT2D eigenvalue weighted by atomic mass is 9.75. The molecule has 182 valence electrons. The standard InChI is InChI=1S/C27H32BrNO5/c1-16(2)20-11-9-17(3)13-24(20)34-27(32)22-8-6-5-7-21(22)26(31)33-15-25(30)29-19-10-12-23(28)18(4)14-19/h5-8,10,12,14,16-17,20,24H,9,11,13,15H2,1-4H3,(H,29,30)/t17-,20+,24-/m1/s1. The molecule has 6 nitrogen and oxygen atoms in total. The van der Waals surface area contributed by atoms with Crippen LogP contribution in [0.2, 0.25) is 0 Å². The van der Waals surface area contributed by atoms with E-state index in [2.05, 4.69) is 42.0 Å². The fourth-order valence-electron chi connectivity index (χ4n) is 4.42. The van der Waals surface area contributed by atoms with E-state index in [0.29, 0.717) is 23.4 Å². The fraction of sp³-hybridized carbons (Fsp3) is 0.444. The van der Waals surface area contributed by atoms with Crippen LogP contribution in [0.1, 0.15) is 66.3 Å². The number of aryl methyl sites for hydroxylation is 1. The molecule has 0 bridgehead atoms. The molecule has 2 aromatic rings. The molecule has 3 rings (SSSR count). The van der Waals surface area contributed by atoms with Crippen LogP contribution in [-0.2, 0) is 14.3 Å². The number of anilines is 1. The zero-order chi connectivity index (χ0) is 24.8. The molecule has 0 heterocycles. The van der Waals surface area contributed by atoms with Gasteiger partial charge in [-0.25, -0.2) is 9.59 Å². The monoisotopic (exact) mass is 529 g/mol. The van der Waals surface area contributed by atoms with E-state index in [1.807, 2.05) is 19.1 Å². The van der Waals surface area contributed by atoms with Crippen molar-refractivity contribution < 1.29 is 23.9 Å². The third-order valence-electron chi connectivity index (χ3n) is 6.36. The Morgan fingerprint density at radius 1 is 1.06 bits per heavy atom. The molecule has 0 radical (unpaired) electrons. The molecule has 0 unspecified atom stereocenters. The van der Waals surface area contributed by atoms with Gasteiger partial charge in [0.05, 0.1) is 11.1 Å². The molecule has 1 saturated carbocycles. The number of amides is 1. The highest BCUT2D eigenvalue weighted by atomic mass is 79.9. The number of rotatable bonds is 7. The molecule has 1 aliphatic rings. The molecular weight excluding hydrogens is 498 g/mol. The van der Waals surface area contributed by atoms with Gasteiger partial charge in [-0.2, -0.15) is 0 Å². The average molecular weight is 530 g/mol. The number of hydrogen-bond acceptors (Lipinski definition) is 5. The molecule has 34 heavy (non-hydrogen) atoms. The van der Waals surface area contributed by atoms with Crippen molar-refractivity contribution in [3.63, 3.8) is 0 Å². The maximum atomic E-state index is 13.0. The van der Waals surface area contributed by atoms with Crippen LogP contribution < -0.4 is 5.32 Å². The van der Waals surface area contributed by atoms with E-state index >= 15 is 0 Å². The molecule has 0 saturated heterocycles. The average Bonchev–Trinajstić information content (AvgIpc) is 2.79. The first-order valence-electron chi connectivity index (χ1n) is 11.7. The van der Waals surface area contributed by atoms with E-state index in [0.717, 1.165) is 29.3 Å². The maximum Gasteiger partial charge on any atom is 0.339 e. The van der Waals surface area contributed by atoms with Gasteiger partial charge in [-0.1, -0.05) is 55.3 Å². The van der Waals surface area contributed by atoms with Gasteiger partial charge in [0.15, 0.2) is 6.61 Å². The van der Waals surface area contributed by atoms with Gasteiger partial charge in [0.1, 0.15) is 6.10 Å². The normalized spacial score (nSPS) is 20.0. The van der Waals surface area contributed by atoms with Gasteiger partial charge in [0.2, 0.25) is 0 Å². The first-order chi connectivity index (χ1) is 16.2. The summed E-state index contributed by atoms with van der Waals surface area (Å²) in [7, 11) is 0. The highest BCUT2D eigenvalue weighted by Gasteiger charge is 2.34. The molecule has 1 amide bonds. The first kappa shape index (κ1) is 25.9. The van der Waals surface area contributed by atoms with E-state index in [9.17, 15) is 14.4 Å². The van der Waals surface area contributed by atoms with Gasteiger partial charge in [-0.3, -0.25) is 4.79 Å². The Labute approximate surface area is 209 Å². The van der Waals surface area contributed by atoms with Crippen LogP contribution in [0.5, 0.6) is 0 Å². The molecular formula is C27H32BrNO5. The van der Waals surface area contributed by atoms with Crippen LogP contribution in [0.25, 0.3) is 0 Å². The summed E-state index contributed by atoms with van der Waals surface area (Å²) >= 11 is 3.41. The van der Waals surface area contributed by atoms with Gasteiger partial charge in [0.25, 0.3) is 5.91 Å². The van der Waals surface area contributed by atoms with Crippen LogP contribution in [0, 0.1) is 24.7 Å². The summed E-state index contributed by atoms with van der Waals surface area (Å²) in [5.41, 5.74) is 1.81. The topological polar surface area (TPSA) is 81.7 Å². The van der Waals surface area contributed by atoms with Crippen molar-refractivity contribution in [1.82, 2.24) is 0 Å². The SMILES string of the molecule is Cc1cc(NC(=O)COC(=O)c2ccccc2C(=O)O[C@@H]2C[C@H](C)CC[C@H]2C(C)C)ccc1Br. The minimum Gasteiger partial charge on any atom is -0.458 e. The zero-order valence-electron chi connectivity index (χ0n) is 20.1. The number of carbonyl (C=O) groups is 3. The summed E-state index contributed by atoms with van der Waals surface area (Å²) in [6.07, 6.45) is 2.78. The largest absolute Gasteiger partial charge is 0.458 e. The van der Waals surface area contributed by atoms with Gasteiger partial charge >= 0.3 is 11.9 Å². The minimum atomic E-state index is -0.743. The fourth-order valence-corrected chi connectivity index (χ4v) is 4.67. The Kier molecular flexibility index (Phi) is 8.89. The molecule has 7 heteroatoms. The van der Waals surface area contributed by atoms with Crippen molar-refractivity contribution in [2.45, 2.75) is 53.1 Å². The zero-order valence-corrected chi connectivity index (χ0v) is 21.7. The van der Waals surface area contributed by atoms with Crippen molar-refractivity contribution in [2.24, 2.45) is 17.8 Å². The quantitative estimate of drug-likeness (QED) is 0.433.